The van der Waals surface area contributed by atoms with Crippen molar-refractivity contribution in [2.24, 2.45) is 0 Å². The first kappa shape index (κ1) is 12.8. The molecule has 2 aromatic rings. The Kier molecular flexibility index (Phi) is 3.50. The van der Waals surface area contributed by atoms with E-state index in [-0.39, 0.29) is 5.91 Å². The molecule has 5 heteroatoms. The largest absolute Gasteiger partial charge is 0.357 e. The van der Waals surface area contributed by atoms with Gasteiger partial charge in [-0.1, -0.05) is 6.92 Å². The Balaban J connectivity index is 1.81. The lowest BCUT2D eigenvalue weighted by molar-refractivity contribution is 0.0757. The molecule has 0 spiro atoms. The van der Waals surface area contributed by atoms with Gasteiger partial charge in [-0.3, -0.25) is 4.79 Å². The molecule has 0 unspecified atom stereocenters. The van der Waals surface area contributed by atoms with Gasteiger partial charge in [0.05, 0.1) is 0 Å². The van der Waals surface area contributed by atoms with Crippen LogP contribution in [-0.2, 0) is 19.3 Å². The van der Waals surface area contributed by atoms with E-state index in [4.69, 9.17) is 0 Å². The normalized spacial score (nSPS) is 14.8. The maximum absolute atomic E-state index is 12.4. The molecule has 1 N–H and O–H groups in total. The molecule has 1 amide bonds. The van der Waals surface area contributed by atoms with Crippen LogP contribution in [0.5, 0.6) is 0 Å². The van der Waals surface area contributed by atoms with Gasteiger partial charge < -0.3 is 9.88 Å². The van der Waals surface area contributed by atoms with Gasteiger partial charge in [0.25, 0.3) is 5.91 Å². The summed E-state index contributed by atoms with van der Waals surface area (Å²) in [6.45, 7) is 3.55. The summed E-state index contributed by atoms with van der Waals surface area (Å²) < 4.78 is 0. The highest BCUT2D eigenvalue weighted by molar-refractivity contribution is 5.92. The SMILES string of the molecule is CCc1ncnc2c1CCN(C(=O)c1ccc[nH]1)CC2. The average Bonchev–Trinajstić information content (AvgIpc) is 2.92. The van der Waals surface area contributed by atoms with E-state index in [0.29, 0.717) is 12.2 Å². The Morgan fingerprint density at radius 2 is 2.20 bits per heavy atom. The number of H-pyrrole nitrogens is 1. The first-order valence-electron chi connectivity index (χ1n) is 7.04. The molecule has 3 rings (SSSR count). The molecule has 0 saturated heterocycles. The highest BCUT2D eigenvalue weighted by Gasteiger charge is 2.22. The Bertz CT molecular complexity index is 606. The van der Waals surface area contributed by atoms with Gasteiger partial charge in [0, 0.05) is 37.1 Å². The number of aromatic nitrogens is 3. The van der Waals surface area contributed by atoms with Crippen molar-refractivity contribution in [3.63, 3.8) is 0 Å². The number of carbonyl (C=O) groups is 1. The lowest BCUT2D eigenvalue weighted by Gasteiger charge is -2.19. The molecule has 0 aliphatic carbocycles. The third-order valence-corrected chi connectivity index (χ3v) is 3.82. The molecule has 0 aromatic carbocycles. The van der Waals surface area contributed by atoms with Crippen molar-refractivity contribution in [3.8, 4) is 0 Å². The van der Waals surface area contributed by atoms with Gasteiger partial charge in [-0.2, -0.15) is 0 Å². The topological polar surface area (TPSA) is 61.9 Å². The predicted molar refractivity (Wildman–Crippen MR) is 75.5 cm³/mol. The second-order valence-electron chi connectivity index (χ2n) is 4.98. The average molecular weight is 270 g/mol. The van der Waals surface area contributed by atoms with E-state index in [9.17, 15) is 4.79 Å². The highest BCUT2D eigenvalue weighted by atomic mass is 16.2. The van der Waals surface area contributed by atoms with E-state index in [1.807, 2.05) is 17.0 Å². The molecule has 0 radical (unpaired) electrons. The molecular weight excluding hydrogens is 252 g/mol. The minimum absolute atomic E-state index is 0.0637. The van der Waals surface area contributed by atoms with Crippen LogP contribution in [0.15, 0.2) is 24.7 Å². The molecule has 104 valence electrons. The molecular formula is C15H18N4O. The van der Waals surface area contributed by atoms with E-state index in [1.54, 1.807) is 12.5 Å². The van der Waals surface area contributed by atoms with Gasteiger partial charge in [0.1, 0.15) is 12.0 Å². The van der Waals surface area contributed by atoms with Gasteiger partial charge in [-0.15, -0.1) is 0 Å². The predicted octanol–water partition coefficient (Wildman–Crippen LogP) is 1.61. The van der Waals surface area contributed by atoms with Gasteiger partial charge in [-0.25, -0.2) is 9.97 Å². The first-order valence-corrected chi connectivity index (χ1v) is 7.04. The van der Waals surface area contributed by atoms with Crippen LogP contribution in [0.25, 0.3) is 0 Å². The highest BCUT2D eigenvalue weighted by Crippen LogP contribution is 2.18. The van der Waals surface area contributed by atoms with Crippen LogP contribution in [0.3, 0.4) is 0 Å². The quantitative estimate of drug-likeness (QED) is 0.901. The number of nitrogens with zero attached hydrogens (tertiary/aromatic N) is 3. The number of amides is 1. The zero-order valence-electron chi connectivity index (χ0n) is 11.6. The van der Waals surface area contributed by atoms with Crippen LogP contribution in [0.1, 0.15) is 34.4 Å². The van der Waals surface area contributed by atoms with Crippen LogP contribution < -0.4 is 0 Å². The fraction of sp³-hybridized carbons (Fsp3) is 0.400. The summed E-state index contributed by atoms with van der Waals surface area (Å²) in [6, 6.07) is 3.66. The molecule has 0 atom stereocenters. The fourth-order valence-corrected chi connectivity index (χ4v) is 2.74. The zero-order chi connectivity index (χ0) is 13.9. The summed E-state index contributed by atoms with van der Waals surface area (Å²) >= 11 is 0. The van der Waals surface area contributed by atoms with Crippen molar-refractivity contribution in [1.82, 2.24) is 19.9 Å². The summed E-state index contributed by atoms with van der Waals surface area (Å²) in [5, 5.41) is 0. The number of aryl methyl sites for hydroxylation is 1. The summed E-state index contributed by atoms with van der Waals surface area (Å²) in [6.07, 6.45) is 5.97. The van der Waals surface area contributed by atoms with Crippen molar-refractivity contribution in [2.45, 2.75) is 26.2 Å². The number of hydrogen-bond acceptors (Lipinski definition) is 3. The molecule has 2 aromatic heterocycles. The smallest absolute Gasteiger partial charge is 0.270 e. The minimum atomic E-state index is 0.0637. The molecule has 0 saturated carbocycles. The van der Waals surface area contributed by atoms with Crippen molar-refractivity contribution < 1.29 is 4.79 Å². The van der Waals surface area contributed by atoms with Crippen LogP contribution in [0, 0.1) is 0 Å². The Morgan fingerprint density at radius 1 is 1.35 bits per heavy atom. The van der Waals surface area contributed by atoms with Gasteiger partial charge >= 0.3 is 0 Å². The van der Waals surface area contributed by atoms with Crippen LogP contribution in [-0.4, -0.2) is 38.8 Å². The maximum Gasteiger partial charge on any atom is 0.270 e. The van der Waals surface area contributed by atoms with E-state index in [1.165, 1.54) is 5.56 Å². The van der Waals surface area contributed by atoms with Gasteiger partial charge in [-0.05, 0) is 30.5 Å². The first-order chi connectivity index (χ1) is 9.79. The van der Waals surface area contributed by atoms with Crippen LogP contribution in [0.4, 0.5) is 0 Å². The lowest BCUT2D eigenvalue weighted by atomic mass is 10.1. The maximum atomic E-state index is 12.4. The monoisotopic (exact) mass is 270 g/mol. The van der Waals surface area contributed by atoms with E-state index in [2.05, 4.69) is 21.9 Å². The minimum Gasteiger partial charge on any atom is -0.357 e. The molecule has 5 nitrogen and oxygen atoms in total. The second-order valence-corrected chi connectivity index (χ2v) is 4.98. The Morgan fingerprint density at radius 3 is 2.95 bits per heavy atom. The third kappa shape index (κ3) is 2.31. The summed E-state index contributed by atoms with van der Waals surface area (Å²) in [7, 11) is 0. The molecule has 0 bridgehead atoms. The summed E-state index contributed by atoms with van der Waals surface area (Å²) in [4.78, 5) is 26.0. The fourth-order valence-electron chi connectivity index (χ4n) is 2.74. The number of fused-ring (bicyclic) bond motifs is 1. The second kappa shape index (κ2) is 5.45. The number of aromatic amines is 1. The van der Waals surface area contributed by atoms with E-state index in [0.717, 1.165) is 37.2 Å². The van der Waals surface area contributed by atoms with Gasteiger partial charge in [0.15, 0.2) is 0 Å². The Hall–Kier alpha value is -2.17. The van der Waals surface area contributed by atoms with Crippen molar-refractivity contribution in [2.75, 3.05) is 13.1 Å². The lowest BCUT2D eigenvalue weighted by Crippen LogP contribution is -2.33. The van der Waals surface area contributed by atoms with Crippen molar-refractivity contribution in [1.29, 1.82) is 0 Å². The number of nitrogens with one attached hydrogen (secondary N) is 1. The van der Waals surface area contributed by atoms with E-state index >= 15 is 0 Å². The molecule has 3 heterocycles. The molecule has 20 heavy (non-hydrogen) atoms. The zero-order valence-corrected chi connectivity index (χ0v) is 11.6. The van der Waals surface area contributed by atoms with Crippen molar-refractivity contribution in [3.05, 3.63) is 47.3 Å². The number of hydrogen-bond donors (Lipinski definition) is 1. The van der Waals surface area contributed by atoms with Crippen LogP contribution >= 0.6 is 0 Å². The number of carbonyl (C=O) groups excluding carboxylic acids is 1. The molecule has 1 aliphatic heterocycles. The standard InChI is InChI=1S/C15H18N4O/c1-2-12-11-5-8-19(9-6-13(11)18-10-17-12)15(20)14-4-3-7-16-14/h3-4,7,10,16H,2,5-6,8-9H2,1H3. The summed E-state index contributed by atoms with van der Waals surface area (Å²) in [5.74, 6) is 0.0637. The number of rotatable bonds is 2. The molecule has 1 aliphatic rings. The summed E-state index contributed by atoms with van der Waals surface area (Å²) in [5.41, 5.74) is 4.09. The van der Waals surface area contributed by atoms with Crippen molar-refractivity contribution >= 4 is 5.91 Å². The third-order valence-electron chi connectivity index (χ3n) is 3.82. The van der Waals surface area contributed by atoms with Gasteiger partial charge in [0.2, 0.25) is 0 Å². The van der Waals surface area contributed by atoms with Crippen LogP contribution in [0.2, 0.25) is 0 Å². The van der Waals surface area contributed by atoms with E-state index < -0.39 is 0 Å². The Labute approximate surface area is 118 Å². The molecule has 0 fully saturated rings.